The Morgan fingerprint density at radius 3 is 2.14 bits per heavy atom. The molecule has 37 heavy (non-hydrogen) atoms. The maximum atomic E-state index is 13.2. The van der Waals surface area contributed by atoms with Crippen molar-refractivity contribution in [3.8, 4) is 5.75 Å². The van der Waals surface area contributed by atoms with Crippen LogP contribution in [0.5, 0.6) is 5.75 Å². The number of esters is 2. The molecule has 4 N–H and O–H groups in total. The van der Waals surface area contributed by atoms with E-state index in [0.29, 0.717) is 24.5 Å². The molecule has 0 aliphatic carbocycles. The molecule has 0 heterocycles. The normalized spacial score (nSPS) is 14.2. The van der Waals surface area contributed by atoms with Crippen LogP contribution in [-0.4, -0.2) is 43.3 Å². The highest BCUT2D eigenvalue weighted by Crippen LogP contribution is 2.26. The van der Waals surface area contributed by atoms with Crippen molar-refractivity contribution >= 4 is 23.6 Å². The molecule has 2 unspecified atom stereocenters. The van der Waals surface area contributed by atoms with E-state index < -0.39 is 23.0 Å². The first-order chi connectivity index (χ1) is 17.5. The van der Waals surface area contributed by atoms with Gasteiger partial charge in [0.1, 0.15) is 17.8 Å². The van der Waals surface area contributed by atoms with Crippen LogP contribution in [0.25, 0.3) is 0 Å². The molecular formula is C28H39N3O6. The molecule has 0 bridgehead atoms. The van der Waals surface area contributed by atoms with E-state index in [2.05, 4.69) is 4.99 Å². The van der Waals surface area contributed by atoms with Crippen LogP contribution in [-0.2, 0) is 30.4 Å². The Labute approximate surface area is 219 Å². The van der Waals surface area contributed by atoms with E-state index in [4.69, 9.17) is 30.4 Å². The number of carbonyl (C=O) groups is 2. The van der Waals surface area contributed by atoms with Crippen molar-refractivity contribution in [1.82, 2.24) is 0 Å². The van der Waals surface area contributed by atoms with E-state index in [1.165, 1.54) is 0 Å². The summed E-state index contributed by atoms with van der Waals surface area (Å²) < 4.78 is 22.8. The zero-order valence-electron chi connectivity index (χ0n) is 22.4. The van der Waals surface area contributed by atoms with Crippen molar-refractivity contribution in [3.63, 3.8) is 0 Å². The largest absolute Gasteiger partial charge is 0.462 e. The Balaban J connectivity index is 2.08. The summed E-state index contributed by atoms with van der Waals surface area (Å²) in [6.45, 7) is 9.65. The first-order valence-electron chi connectivity index (χ1n) is 12.4. The topological polar surface area (TPSA) is 135 Å². The molecule has 0 spiro atoms. The number of aliphatic imine (C=N–C) groups is 1. The van der Waals surface area contributed by atoms with Crippen LogP contribution in [0.1, 0.15) is 51.7 Å². The fourth-order valence-corrected chi connectivity index (χ4v) is 3.18. The molecule has 0 fully saturated rings. The lowest BCUT2D eigenvalue weighted by molar-refractivity contribution is -0.180. The van der Waals surface area contributed by atoms with Crippen molar-refractivity contribution in [2.45, 2.75) is 59.7 Å². The van der Waals surface area contributed by atoms with Gasteiger partial charge in [-0.05, 0) is 63.4 Å². The monoisotopic (exact) mass is 513 g/mol. The molecule has 2 rings (SSSR count). The molecule has 0 aliphatic heterocycles. The highest BCUT2D eigenvalue weighted by atomic mass is 16.6. The lowest BCUT2D eigenvalue weighted by Crippen LogP contribution is -2.45. The number of carbonyl (C=O) groups excluding carboxylic acids is 2. The molecule has 202 valence electrons. The third kappa shape index (κ3) is 9.18. The first kappa shape index (κ1) is 29.8. The molecule has 0 aromatic heterocycles. The fourth-order valence-electron chi connectivity index (χ4n) is 3.18. The van der Waals surface area contributed by atoms with Crippen LogP contribution in [0, 0.1) is 12.3 Å². The Morgan fingerprint density at radius 2 is 1.57 bits per heavy atom. The van der Waals surface area contributed by atoms with Crippen molar-refractivity contribution < 1.29 is 28.5 Å². The summed E-state index contributed by atoms with van der Waals surface area (Å²) in [4.78, 5) is 30.2. The molecule has 9 heteroatoms. The molecule has 2 aromatic carbocycles. The zero-order chi connectivity index (χ0) is 27.5. The SMILES string of the molecule is CCCOCC(C)(COC(=O)C(C)(CC)OCc1ccc(C)cc1)C(=O)Oc1ccc(N=C(N)N)cc1. The van der Waals surface area contributed by atoms with Crippen LogP contribution in [0.4, 0.5) is 5.69 Å². The lowest BCUT2D eigenvalue weighted by atomic mass is 9.92. The molecular weight excluding hydrogens is 474 g/mol. The molecule has 2 atom stereocenters. The average molecular weight is 514 g/mol. The maximum Gasteiger partial charge on any atom is 0.338 e. The van der Waals surface area contributed by atoms with Gasteiger partial charge in [0.05, 0.1) is 18.9 Å². The Kier molecular flexibility index (Phi) is 11.1. The maximum absolute atomic E-state index is 13.2. The second-order valence-electron chi connectivity index (χ2n) is 9.47. The number of guanidine groups is 1. The number of hydrogen-bond donors (Lipinski definition) is 2. The third-order valence-corrected chi connectivity index (χ3v) is 5.87. The van der Waals surface area contributed by atoms with Gasteiger partial charge in [0.15, 0.2) is 11.6 Å². The number of ether oxygens (including phenoxy) is 4. The Morgan fingerprint density at radius 1 is 0.919 bits per heavy atom. The summed E-state index contributed by atoms with van der Waals surface area (Å²) in [5.74, 6) is -0.926. The van der Waals surface area contributed by atoms with E-state index in [-0.39, 0.29) is 25.8 Å². The number of aryl methyl sites for hydroxylation is 1. The summed E-state index contributed by atoms with van der Waals surface area (Å²) in [6.07, 6.45) is 1.17. The molecule has 0 aliphatic rings. The molecule has 0 saturated heterocycles. The van der Waals surface area contributed by atoms with Crippen molar-refractivity contribution in [3.05, 3.63) is 59.7 Å². The van der Waals surface area contributed by atoms with Gasteiger partial charge in [-0.25, -0.2) is 9.79 Å². The van der Waals surface area contributed by atoms with Gasteiger partial charge >= 0.3 is 11.9 Å². The van der Waals surface area contributed by atoms with Gasteiger partial charge in [0, 0.05) is 6.61 Å². The smallest absolute Gasteiger partial charge is 0.338 e. The first-order valence-corrected chi connectivity index (χ1v) is 12.4. The van der Waals surface area contributed by atoms with E-state index in [1.54, 1.807) is 38.1 Å². The quantitative estimate of drug-likeness (QED) is 0.126. The Hall–Kier alpha value is -3.43. The van der Waals surface area contributed by atoms with Crippen molar-refractivity contribution in [1.29, 1.82) is 0 Å². The molecule has 0 amide bonds. The van der Waals surface area contributed by atoms with Gasteiger partial charge in [-0.2, -0.15) is 0 Å². The fraction of sp³-hybridized carbons (Fsp3) is 0.464. The van der Waals surface area contributed by atoms with Crippen LogP contribution in [0.15, 0.2) is 53.5 Å². The zero-order valence-corrected chi connectivity index (χ0v) is 22.4. The van der Waals surface area contributed by atoms with Gasteiger partial charge in [0.2, 0.25) is 0 Å². The van der Waals surface area contributed by atoms with Crippen molar-refractivity contribution in [2.75, 3.05) is 19.8 Å². The van der Waals surface area contributed by atoms with Crippen LogP contribution < -0.4 is 16.2 Å². The summed E-state index contributed by atoms with van der Waals surface area (Å²) in [5.41, 5.74) is 11.0. The van der Waals surface area contributed by atoms with Crippen LogP contribution in [0.2, 0.25) is 0 Å². The minimum Gasteiger partial charge on any atom is -0.462 e. The van der Waals surface area contributed by atoms with E-state index in [0.717, 1.165) is 17.5 Å². The number of nitrogens with zero attached hydrogens (tertiary/aromatic N) is 1. The van der Waals surface area contributed by atoms with Gasteiger partial charge in [0.25, 0.3) is 0 Å². The van der Waals surface area contributed by atoms with Gasteiger partial charge in [-0.15, -0.1) is 0 Å². The predicted molar refractivity (Wildman–Crippen MR) is 142 cm³/mol. The molecule has 9 nitrogen and oxygen atoms in total. The average Bonchev–Trinajstić information content (AvgIpc) is 2.87. The number of nitrogens with two attached hydrogens (primary N) is 2. The van der Waals surface area contributed by atoms with E-state index in [1.807, 2.05) is 45.0 Å². The standard InChI is InChI=1S/C28H39N3O6/c1-6-16-34-18-27(4,24(32)37-23-14-12-22(13-15-23)31-26(29)30)19-35-25(33)28(5,7-2)36-17-21-10-8-20(3)9-11-21/h8-15H,6-7,16-19H2,1-5H3,(H4,29,30,31). The lowest BCUT2D eigenvalue weighted by Gasteiger charge is -2.30. The molecule has 0 saturated carbocycles. The molecule has 2 aromatic rings. The van der Waals surface area contributed by atoms with Crippen LogP contribution in [0.3, 0.4) is 0 Å². The minimum atomic E-state index is -1.24. The predicted octanol–water partition coefficient (Wildman–Crippen LogP) is 4.17. The highest BCUT2D eigenvalue weighted by molar-refractivity contribution is 5.82. The second-order valence-corrected chi connectivity index (χ2v) is 9.47. The summed E-state index contributed by atoms with van der Waals surface area (Å²) in [5, 5.41) is 0. The van der Waals surface area contributed by atoms with Gasteiger partial charge in [-0.3, -0.25) is 4.79 Å². The van der Waals surface area contributed by atoms with E-state index in [9.17, 15) is 9.59 Å². The van der Waals surface area contributed by atoms with Gasteiger partial charge < -0.3 is 30.4 Å². The summed E-state index contributed by atoms with van der Waals surface area (Å²) >= 11 is 0. The summed E-state index contributed by atoms with van der Waals surface area (Å²) in [7, 11) is 0. The summed E-state index contributed by atoms with van der Waals surface area (Å²) in [6, 6.07) is 14.3. The minimum absolute atomic E-state index is 0.0199. The Bertz CT molecular complexity index is 1050. The third-order valence-electron chi connectivity index (χ3n) is 5.87. The number of rotatable bonds is 14. The highest BCUT2D eigenvalue weighted by Gasteiger charge is 2.41. The van der Waals surface area contributed by atoms with Gasteiger partial charge in [-0.1, -0.05) is 43.7 Å². The number of hydrogen-bond acceptors (Lipinski definition) is 7. The number of benzene rings is 2. The van der Waals surface area contributed by atoms with Crippen molar-refractivity contribution in [2.24, 2.45) is 21.9 Å². The van der Waals surface area contributed by atoms with Crippen LogP contribution >= 0.6 is 0 Å². The second kappa shape index (κ2) is 13.8. The molecule has 0 radical (unpaired) electrons. The van der Waals surface area contributed by atoms with E-state index >= 15 is 0 Å².